The standard InChI is InChI=1S/C14H17N3/c15-8-12-3-5-13(6-4-12)9-17-11-14-2-1-7-16-10-14/h1-7,10,17H,8-9,11,15H2. The van der Waals surface area contributed by atoms with E-state index in [1.54, 1.807) is 6.20 Å². The Kier molecular flexibility index (Phi) is 4.24. The molecule has 0 atom stereocenters. The van der Waals surface area contributed by atoms with Gasteiger partial charge in [0.15, 0.2) is 0 Å². The number of rotatable bonds is 5. The predicted octanol–water partition coefficient (Wildman–Crippen LogP) is 1.83. The summed E-state index contributed by atoms with van der Waals surface area (Å²) in [7, 11) is 0. The molecule has 3 N–H and O–H groups in total. The molecule has 2 aromatic rings. The molecule has 0 aliphatic carbocycles. The van der Waals surface area contributed by atoms with Crippen LogP contribution in [0, 0.1) is 0 Å². The van der Waals surface area contributed by atoms with E-state index in [2.05, 4.69) is 40.6 Å². The third kappa shape index (κ3) is 3.66. The monoisotopic (exact) mass is 227 g/mol. The quantitative estimate of drug-likeness (QED) is 0.819. The van der Waals surface area contributed by atoms with E-state index >= 15 is 0 Å². The van der Waals surface area contributed by atoms with Crippen LogP contribution in [0.1, 0.15) is 16.7 Å². The molecule has 1 aromatic heterocycles. The van der Waals surface area contributed by atoms with Crippen molar-refractivity contribution < 1.29 is 0 Å². The molecule has 0 radical (unpaired) electrons. The van der Waals surface area contributed by atoms with Gasteiger partial charge in [0.25, 0.3) is 0 Å². The first-order valence-electron chi connectivity index (χ1n) is 5.76. The van der Waals surface area contributed by atoms with Crippen molar-refractivity contribution in [3.8, 4) is 0 Å². The van der Waals surface area contributed by atoms with Gasteiger partial charge >= 0.3 is 0 Å². The molecule has 0 bridgehead atoms. The van der Waals surface area contributed by atoms with Crippen LogP contribution in [0.15, 0.2) is 48.8 Å². The van der Waals surface area contributed by atoms with Gasteiger partial charge in [-0.25, -0.2) is 0 Å². The van der Waals surface area contributed by atoms with Crippen LogP contribution >= 0.6 is 0 Å². The second-order valence-electron chi connectivity index (χ2n) is 3.99. The topological polar surface area (TPSA) is 50.9 Å². The molecule has 0 spiro atoms. The third-order valence-corrected chi connectivity index (χ3v) is 2.64. The average Bonchev–Trinajstić information content (AvgIpc) is 2.41. The Labute approximate surface area is 102 Å². The van der Waals surface area contributed by atoms with Crippen molar-refractivity contribution in [3.05, 3.63) is 65.5 Å². The van der Waals surface area contributed by atoms with Crippen LogP contribution in [0.2, 0.25) is 0 Å². The zero-order valence-electron chi connectivity index (χ0n) is 9.76. The maximum absolute atomic E-state index is 5.55. The molecule has 1 heterocycles. The van der Waals surface area contributed by atoms with E-state index in [1.807, 2.05) is 12.3 Å². The van der Waals surface area contributed by atoms with E-state index in [4.69, 9.17) is 5.73 Å². The SMILES string of the molecule is NCc1ccc(CNCc2cccnc2)cc1. The summed E-state index contributed by atoms with van der Waals surface area (Å²) in [5, 5.41) is 3.38. The Morgan fingerprint density at radius 1 is 0.941 bits per heavy atom. The van der Waals surface area contributed by atoms with E-state index in [1.165, 1.54) is 16.7 Å². The van der Waals surface area contributed by atoms with Crippen molar-refractivity contribution in [1.82, 2.24) is 10.3 Å². The fraction of sp³-hybridized carbons (Fsp3) is 0.214. The lowest BCUT2D eigenvalue weighted by Crippen LogP contribution is -2.12. The van der Waals surface area contributed by atoms with Crippen molar-refractivity contribution in [1.29, 1.82) is 0 Å². The first-order chi connectivity index (χ1) is 8.38. The Morgan fingerprint density at radius 2 is 1.65 bits per heavy atom. The van der Waals surface area contributed by atoms with E-state index in [0.29, 0.717) is 6.54 Å². The largest absolute Gasteiger partial charge is 0.326 e. The molecular formula is C14H17N3. The van der Waals surface area contributed by atoms with Gasteiger partial charge in [0.1, 0.15) is 0 Å². The molecule has 2 rings (SSSR count). The van der Waals surface area contributed by atoms with Crippen LogP contribution in [0.5, 0.6) is 0 Å². The predicted molar refractivity (Wildman–Crippen MR) is 69.1 cm³/mol. The van der Waals surface area contributed by atoms with Gasteiger partial charge in [-0.1, -0.05) is 30.3 Å². The molecule has 0 unspecified atom stereocenters. The molecule has 3 heteroatoms. The lowest BCUT2D eigenvalue weighted by molar-refractivity contribution is 0.691. The highest BCUT2D eigenvalue weighted by Gasteiger charge is 1.94. The third-order valence-electron chi connectivity index (χ3n) is 2.64. The molecular weight excluding hydrogens is 210 g/mol. The molecule has 17 heavy (non-hydrogen) atoms. The summed E-state index contributed by atoms with van der Waals surface area (Å²) in [6.07, 6.45) is 3.67. The summed E-state index contributed by atoms with van der Waals surface area (Å²) in [6, 6.07) is 12.4. The van der Waals surface area contributed by atoms with Crippen molar-refractivity contribution in [2.24, 2.45) is 5.73 Å². The van der Waals surface area contributed by atoms with Gasteiger partial charge in [-0.2, -0.15) is 0 Å². The fourth-order valence-corrected chi connectivity index (χ4v) is 1.65. The molecule has 0 saturated heterocycles. The first-order valence-corrected chi connectivity index (χ1v) is 5.76. The van der Waals surface area contributed by atoms with Crippen molar-refractivity contribution >= 4 is 0 Å². The van der Waals surface area contributed by atoms with Gasteiger partial charge < -0.3 is 11.1 Å². The Bertz CT molecular complexity index is 437. The maximum atomic E-state index is 5.55. The van der Waals surface area contributed by atoms with Crippen molar-refractivity contribution in [3.63, 3.8) is 0 Å². The molecule has 0 amide bonds. The molecule has 88 valence electrons. The summed E-state index contributed by atoms with van der Waals surface area (Å²) in [5.41, 5.74) is 9.19. The molecule has 0 aliphatic rings. The van der Waals surface area contributed by atoms with E-state index in [9.17, 15) is 0 Å². The number of benzene rings is 1. The van der Waals surface area contributed by atoms with Gasteiger partial charge in [0.05, 0.1) is 0 Å². The summed E-state index contributed by atoms with van der Waals surface area (Å²) in [5.74, 6) is 0. The fourth-order valence-electron chi connectivity index (χ4n) is 1.65. The number of hydrogen-bond acceptors (Lipinski definition) is 3. The lowest BCUT2D eigenvalue weighted by atomic mass is 10.1. The van der Waals surface area contributed by atoms with Crippen molar-refractivity contribution in [2.75, 3.05) is 0 Å². The molecule has 0 aliphatic heterocycles. The highest BCUT2D eigenvalue weighted by Crippen LogP contribution is 2.04. The highest BCUT2D eigenvalue weighted by molar-refractivity contribution is 5.22. The molecule has 3 nitrogen and oxygen atoms in total. The zero-order valence-corrected chi connectivity index (χ0v) is 9.76. The molecule has 0 saturated carbocycles. The Morgan fingerprint density at radius 3 is 2.29 bits per heavy atom. The minimum absolute atomic E-state index is 0.601. The number of nitrogens with two attached hydrogens (primary N) is 1. The van der Waals surface area contributed by atoms with E-state index < -0.39 is 0 Å². The first kappa shape index (κ1) is 11.8. The number of hydrogen-bond donors (Lipinski definition) is 2. The van der Waals surface area contributed by atoms with E-state index in [0.717, 1.165) is 13.1 Å². The molecule has 0 fully saturated rings. The summed E-state index contributed by atoms with van der Waals surface area (Å²) < 4.78 is 0. The average molecular weight is 227 g/mol. The summed E-state index contributed by atoms with van der Waals surface area (Å²) >= 11 is 0. The molecule has 1 aromatic carbocycles. The summed E-state index contributed by atoms with van der Waals surface area (Å²) in [4.78, 5) is 4.08. The second kappa shape index (κ2) is 6.13. The minimum Gasteiger partial charge on any atom is -0.326 e. The maximum Gasteiger partial charge on any atom is 0.0312 e. The van der Waals surface area contributed by atoms with Gasteiger partial charge in [-0.3, -0.25) is 4.98 Å². The second-order valence-corrected chi connectivity index (χ2v) is 3.99. The Hall–Kier alpha value is -1.71. The van der Waals surface area contributed by atoms with E-state index in [-0.39, 0.29) is 0 Å². The van der Waals surface area contributed by atoms with Crippen molar-refractivity contribution in [2.45, 2.75) is 19.6 Å². The number of nitrogens with zero attached hydrogens (tertiary/aromatic N) is 1. The number of pyridine rings is 1. The van der Waals surface area contributed by atoms with Gasteiger partial charge in [0.2, 0.25) is 0 Å². The summed E-state index contributed by atoms with van der Waals surface area (Å²) in [6.45, 7) is 2.30. The van der Waals surface area contributed by atoms with Crippen LogP contribution in [0.3, 0.4) is 0 Å². The van der Waals surface area contributed by atoms with Gasteiger partial charge in [0, 0.05) is 32.0 Å². The number of nitrogens with one attached hydrogen (secondary N) is 1. The van der Waals surface area contributed by atoms with Crippen LogP contribution in [-0.2, 0) is 19.6 Å². The van der Waals surface area contributed by atoms with Gasteiger partial charge in [-0.05, 0) is 22.8 Å². The van der Waals surface area contributed by atoms with Crippen LogP contribution in [-0.4, -0.2) is 4.98 Å². The smallest absolute Gasteiger partial charge is 0.0312 e. The lowest BCUT2D eigenvalue weighted by Gasteiger charge is -2.05. The normalized spacial score (nSPS) is 10.4. The van der Waals surface area contributed by atoms with Crippen LogP contribution in [0.4, 0.5) is 0 Å². The Balaban J connectivity index is 1.82. The highest BCUT2D eigenvalue weighted by atomic mass is 14.8. The van der Waals surface area contributed by atoms with Crippen LogP contribution < -0.4 is 11.1 Å². The minimum atomic E-state index is 0.601. The number of aromatic nitrogens is 1. The van der Waals surface area contributed by atoms with Crippen LogP contribution in [0.25, 0.3) is 0 Å². The zero-order chi connectivity index (χ0) is 11.9. The van der Waals surface area contributed by atoms with Gasteiger partial charge in [-0.15, -0.1) is 0 Å².